The van der Waals surface area contributed by atoms with Gasteiger partial charge in [0.15, 0.2) is 0 Å². The number of hydrogen-bond donors (Lipinski definition) is 16. The Morgan fingerprint density at radius 3 is 0.659 bits per heavy atom. The first-order chi connectivity index (χ1) is 41.3. The Kier molecular flexibility index (Phi) is 16.5. The van der Waals surface area contributed by atoms with Gasteiger partial charge in [0.25, 0.3) is 10.1 Å². The van der Waals surface area contributed by atoms with Crippen molar-refractivity contribution in [1.29, 1.82) is 0 Å². The largest absolute Gasteiger partial charge is 0.286 e. The predicted octanol–water partition coefficient (Wildman–Crippen LogP) is 3.53. The first-order valence-electron chi connectivity index (χ1n) is 36.4. The minimum absolute atomic E-state index is 0. The summed E-state index contributed by atoms with van der Waals surface area (Å²) in [5.41, 5.74) is 0. The van der Waals surface area contributed by atoms with Gasteiger partial charge in [0, 0.05) is 28.9 Å². The Morgan fingerprint density at radius 1 is 0.212 bits per heavy atom. The van der Waals surface area contributed by atoms with Crippen LogP contribution in [-0.2, 0) is 31.4 Å². The molecular formula is C64H110CuN16O3S. The molecule has 16 N–H and O–H groups in total. The summed E-state index contributed by atoms with van der Waals surface area (Å²) in [7, 11) is -4.04. The third-order valence-electron chi connectivity index (χ3n) is 28.3. The second-order valence-electron chi connectivity index (χ2n) is 32.0. The molecule has 0 aromatic carbocycles. The molecule has 0 aromatic rings. The van der Waals surface area contributed by atoms with Gasteiger partial charge in [-0.05, 0) is 186 Å². The van der Waals surface area contributed by atoms with Crippen molar-refractivity contribution in [1.82, 2.24) is 85.1 Å². The summed E-state index contributed by atoms with van der Waals surface area (Å²) in [5, 5.41) is 68.0. The van der Waals surface area contributed by atoms with Gasteiger partial charge in [-0.1, -0.05) is 89.9 Å². The smallest absolute Gasteiger partial charge is 0.270 e. The van der Waals surface area contributed by atoms with Gasteiger partial charge in [-0.25, -0.2) is 0 Å². The van der Waals surface area contributed by atoms with Crippen molar-refractivity contribution in [2.24, 2.45) is 94.7 Å². The minimum Gasteiger partial charge on any atom is -0.286 e. The van der Waals surface area contributed by atoms with Crippen LogP contribution in [0.3, 0.4) is 0 Å². The van der Waals surface area contributed by atoms with Crippen LogP contribution >= 0.6 is 0 Å². The van der Waals surface area contributed by atoms with Crippen molar-refractivity contribution >= 4 is 10.1 Å². The SMILES string of the molecule is O=S(=O)(OC1CCCC2C3NC4NC(NC5NC(NC6NC(NC(N3)C12)C1CCCCC61)C1CCCCC51)C1CCCCC41)C1CCCC2C3NC4NC(NC5NC(NC6NC(NC(N3)C21)C1CCCCC61)C1CCCCC51)C1CCCCC41.[Cu]. The van der Waals surface area contributed by atoms with Gasteiger partial charge < -0.3 is 0 Å². The van der Waals surface area contributed by atoms with E-state index in [0.717, 1.165) is 32.1 Å². The molecule has 18 rings (SSSR count). The molecule has 19 nitrogen and oxygen atoms in total. The number of fused-ring (bicyclic) bond motifs is 40. The van der Waals surface area contributed by atoms with Crippen LogP contribution in [0.1, 0.15) is 193 Å². The molecule has 0 spiro atoms. The van der Waals surface area contributed by atoms with Crippen molar-refractivity contribution in [3.63, 3.8) is 0 Å². The van der Waals surface area contributed by atoms with E-state index in [1.54, 1.807) is 0 Å². The summed E-state index contributed by atoms with van der Waals surface area (Å²) in [6.07, 6.45) is 38.2. The van der Waals surface area contributed by atoms with Gasteiger partial charge >= 0.3 is 0 Å². The Hall–Kier alpha value is -0.211. The van der Waals surface area contributed by atoms with Gasteiger partial charge in [-0.2, -0.15) is 8.42 Å². The molecule has 481 valence electrons. The molecule has 10 saturated heterocycles. The molecule has 1 radical (unpaired) electrons. The van der Waals surface area contributed by atoms with E-state index in [1.807, 2.05) is 0 Å². The molecule has 18 fully saturated rings. The van der Waals surface area contributed by atoms with E-state index in [4.69, 9.17) is 4.18 Å². The first kappa shape index (κ1) is 58.6. The zero-order valence-corrected chi connectivity index (χ0v) is 52.5. The maximum atomic E-state index is 16.1. The third-order valence-corrected chi connectivity index (χ3v) is 30.1. The summed E-state index contributed by atoms with van der Waals surface area (Å²) in [5.74, 6) is 7.18. The molecule has 0 aromatic heterocycles. The molecule has 10 heterocycles. The van der Waals surface area contributed by atoms with Crippen LogP contribution in [0.15, 0.2) is 0 Å². The molecule has 21 heteroatoms. The fourth-order valence-corrected chi connectivity index (χ4v) is 26.6. The zero-order valence-electron chi connectivity index (χ0n) is 50.8. The molecule has 16 bridgehead atoms. The van der Waals surface area contributed by atoms with E-state index in [0.29, 0.717) is 89.8 Å². The van der Waals surface area contributed by atoms with E-state index in [9.17, 15) is 0 Å². The van der Waals surface area contributed by atoms with Crippen molar-refractivity contribution in [3.05, 3.63) is 0 Å². The topological polar surface area (TPSA) is 236 Å². The fourth-order valence-electron chi connectivity index (χ4n) is 24.7. The number of rotatable bonds is 3. The van der Waals surface area contributed by atoms with Crippen LogP contribution in [0.4, 0.5) is 0 Å². The molecule has 0 amide bonds. The van der Waals surface area contributed by atoms with Crippen molar-refractivity contribution in [2.75, 3.05) is 0 Å². The first-order valence-corrected chi connectivity index (χ1v) is 37.9. The molecule has 10 aliphatic heterocycles. The van der Waals surface area contributed by atoms with Crippen LogP contribution in [-0.4, -0.2) is 118 Å². The molecule has 8 saturated carbocycles. The van der Waals surface area contributed by atoms with Crippen molar-refractivity contribution < 1.29 is 29.7 Å². The molecule has 85 heavy (non-hydrogen) atoms. The monoisotopic (exact) mass is 1250 g/mol. The van der Waals surface area contributed by atoms with Gasteiger partial charge in [0.2, 0.25) is 0 Å². The van der Waals surface area contributed by atoms with Crippen molar-refractivity contribution in [3.8, 4) is 0 Å². The second-order valence-corrected chi connectivity index (χ2v) is 33.8. The summed E-state index contributed by atoms with van der Waals surface area (Å²) < 4.78 is 39.4. The quantitative estimate of drug-likeness (QED) is 0.143. The Balaban J connectivity index is 0.00000567. The average molecular weight is 1250 g/mol. The van der Waals surface area contributed by atoms with Crippen LogP contribution in [0.2, 0.25) is 0 Å². The normalized spacial score (nSPS) is 56.9. The van der Waals surface area contributed by atoms with Gasteiger partial charge in [-0.15, -0.1) is 0 Å². The number of hydrogen-bond acceptors (Lipinski definition) is 19. The maximum absolute atomic E-state index is 16.1. The van der Waals surface area contributed by atoms with Gasteiger partial charge in [0.05, 0.1) is 110 Å². The van der Waals surface area contributed by atoms with Gasteiger partial charge in [-0.3, -0.25) is 89.3 Å². The van der Waals surface area contributed by atoms with Crippen LogP contribution < -0.4 is 85.1 Å². The van der Waals surface area contributed by atoms with Crippen molar-refractivity contribution in [2.45, 2.75) is 303 Å². The van der Waals surface area contributed by atoms with Crippen LogP contribution in [0, 0.1) is 94.7 Å². The zero-order chi connectivity index (χ0) is 55.4. The van der Waals surface area contributed by atoms with E-state index < -0.39 is 21.5 Å². The molecule has 34 atom stereocenters. The average Bonchev–Trinajstić information content (AvgIpc) is 3.51. The summed E-state index contributed by atoms with van der Waals surface area (Å²) in [4.78, 5) is 0. The summed E-state index contributed by atoms with van der Waals surface area (Å²) in [6.45, 7) is 0. The summed E-state index contributed by atoms with van der Waals surface area (Å²) >= 11 is 0. The van der Waals surface area contributed by atoms with E-state index in [2.05, 4.69) is 85.1 Å². The molecular weight excluding hydrogens is 1140 g/mol. The molecule has 18 aliphatic rings. The maximum Gasteiger partial charge on any atom is 0.270 e. The van der Waals surface area contributed by atoms with E-state index in [1.165, 1.54) is 154 Å². The Morgan fingerprint density at radius 2 is 0.400 bits per heavy atom. The Labute approximate surface area is 519 Å². The van der Waals surface area contributed by atoms with Crippen LogP contribution in [0.25, 0.3) is 0 Å². The predicted molar refractivity (Wildman–Crippen MR) is 323 cm³/mol. The molecule has 8 aliphatic carbocycles. The fraction of sp³-hybridized carbons (Fsp3) is 1.00. The second kappa shape index (κ2) is 24.0. The van der Waals surface area contributed by atoms with E-state index >= 15 is 8.42 Å². The Bertz CT molecular complexity index is 2480. The third kappa shape index (κ3) is 10.3. The van der Waals surface area contributed by atoms with E-state index in [-0.39, 0.29) is 127 Å². The standard InChI is InChI=1S/C64H110N16O3S.Cu/c81-84(82,46-30-14-28-44-48(46)64-78-60-42-26-12-10-24-40(42)56(74-60)70-52-34-18-4-2-16-32(34)50(66-52)68-54-36-20-6-8-22-38(36)58(72-54)76-62(44)80-64)83-45-29-13-27-43-47(45)63-77-59-41-25-11-9-23-39(41)55(73-59)69-51-33-17-3-1-15-31(33)49(65-51)67-53-35-19-5-7-21-37(35)57(71-53)75-61(43)79-63;/h31-80H,1-30H2;. The molecule has 34 unspecified atom stereocenters. The van der Waals surface area contributed by atoms with Gasteiger partial charge in [0.1, 0.15) is 0 Å². The minimum atomic E-state index is -4.04. The number of nitrogens with one attached hydrogen (secondary N) is 16. The summed E-state index contributed by atoms with van der Waals surface area (Å²) in [6, 6.07) is 0. The van der Waals surface area contributed by atoms with Crippen LogP contribution in [0.5, 0.6) is 0 Å².